The van der Waals surface area contributed by atoms with Crippen molar-refractivity contribution in [2.75, 3.05) is 25.3 Å². The molecule has 18 nitrogen and oxygen atoms in total. The van der Waals surface area contributed by atoms with Crippen LogP contribution in [0.1, 0.15) is 6.23 Å². The van der Waals surface area contributed by atoms with Gasteiger partial charge < -0.3 is 35.4 Å². The Balaban J connectivity index is 1.71. The highest BCUT2D eigenvalue weighted by molar-refractivity contribution is 7.75. The number of anilines is 1. The first-order valence-electron chi connectivity index (χ1n) is 8.90. The van der Waals surface area contributed by atoms with E-state index in [0.29, 0.717) is 0 Å². The molecule has 0 aliphatic carbocycles. The van der Waals surface area contributed by atoms with Crippen LogP contribution in [0.15, 0.2) is 11.1 Å². The number of H-pyrrole nitrogens is 1. The third-order valence-electron chi connectivity index (χ3n) is 4.41. The smallest absolute Gasteiger partial charge is 0.387 e. The second kappa shape index (κ2) is 9.26. The van der Waals surface area contributed by atoms with E-state index in [0.717, 1.165) is 17.9 Å². The van der Waals surface area contributed by atoms with Gasteiger partial charge in [-0.2, -0.15) is 4.98 Å². The van der Waals surface area contributed by atoms with Crippen LogP contribution in [-0.4, -0.2) is 82.3 Å². The largest absolute Gasteiger partial charge is 0.479 e. The van der Waals surface area contributed by atoms with E-state index < -0.39 is 65.5 Å². The summed E-state index contributed by atoms with van der Waals surface area (Å²) in [4.78, 5) is 50.5. The second-order valence-electron chi connectivity index (χ2n) is 6.87. The summed E-state index contributed by atoms with van der Waals surface area (Å²) in [7, 11) is -13.6. The maximum absolute atomic E-state index is 12.0. The number of hydrogen-bond donors (Lipinski definition) is 8. The van der Waals surface area contributed by atoms with Gasteiger partial charge in [0.05, 0.1) is 12.9 Å². The summed E-state index contributed by atoms with van der Waals surface area (Å²) in [5.74, 6) is -1.63. The number of aliphatic hydroxyl groups is 2. The Kier molecular flexibility index (Phi) is 7.32. The molecule has 7 atom stereocenters. The Hall–Kier alpha value is -1.52. The number of hydrogen-bond acceptors (Lipinski definition) is 12. The van der Waals surface area contributed by atoms with E-state index >= 15 is 0 Å². The van der Waals surface area contributed by atoms with E-state index in [9.17, 15) is 43.4 Å². The van der Waals surface area contributed by atoms with E-state index in [4.69, 9.17) is 10.5 Å². The van der Waals surface area contributed by atoms with Crippen LogP contribution in [0.4, 0.5) is 5.95 Å². The molecule has 21 heteroatoms. The highest BCUT2D eigenvalue weighted by Crippen LogP contribution is 2.65. The van der Waals surface area contributed by atoms with Gasteiger partial charge in [-0.3, -0.25) is 28.0 Å². The Labute approximate surface area is 184 Å². The van der Waals surface area contributed by atoms with Gasteiger partial charge in [0.2, 0.25) is 5.95 Å². The van der Waals surface area contributed by atoms with E-state index in [1.807, 2.05) is 5.09 Å². The third-order valence-corrected chi connectivity index (χ3v) is 10.4. The molecule has 33 heavy (non-hydrogen) atoms. The van der Waals surface area contributed by atoms with Crippen LogP contribution in [0, 0.1) is 0 Å². The molecular weight excluding hydrogens is 513 g/mol. The summed E-state index contributed by atoms with van der Waals surface area (Å²) in [6.45, 7) is -0.909. The van der Waals surface area contributed by atoms with Crippen LogP contribution in [-0.2, 0) is 27.3 Å². The number of nitrogens with zero attached hydrogens (tertiary/aromatic N) is 3. The molecule has 0 spiro atoms. The van der Waals surface area contributed by atoms with Crippen molar-refractivity contribution in [3.8, 4) is 0 Å². The number of rotatable bonds is 9. The summed E-state index contributed by atoms with van der Waals surface area (Å²) in [5.41, 5.74) is 4.62. The van der Waals surface area contributed by atoms with E-state index in [2.05, 4.69) is 23.8 Å². The van der Waals surface area contributed by atoms with E-state index in [1.54, 1.807) is 0 Å². The molecule has 186 valence electrons. The molecule has 3 rings (SSSR count). The quantitative estimate of drug-likeness (QED) is 0.161. The summed E-state index contributed by atoms with van der Waals surface area (Å²) in [6, 6.07) is 0. The summed E-state index contributed by atoms with van der Waals surface area (Å²) < 4.78 is 50.6. The van der Waals surface area contributed by atoms with Crippen LogP contribution in [0.2, 0.25) is 0 Å². The molecule has 2 aromatic heterocycles. The monoisotopic (exact) mass is 534 g/mol. The zero-order chi connectivity index (χ0) is 24.8. The van der Waals surface area contributed by atoms with Gasteiger partial charge in [0.25, 0.3) is 13.1 Å². The average Bonchev–Trinajstić information content (AvgIpc) is 3.20. The first-order valence-corrected chi connectivity index (χ1v) is 14.0. The minimum atomic E-state index is -5.28. The minimum absolute atomic E-state index is 0.0792. The van der Waals surface area contributed by atoms with Gasteiger partial charge in [-0.15, -0.1) is 0 Å². The Bertz CT molecular complexity index is 1230. The molecule has 0 saturated carbocycles. The van der Waals surface area contributed by atoms with Crippen molar-refractivity contribution in [2.45, 2.75) is 24.5 Å². The fraction of sp³-hybridized carbons (Fsp3) is 0.583. The maximum Gasteiger partial charge on any atom is 0.479 e. The van der Waals surface area contributed by atoms with Crippen molar-refractivity contribution < 1.29 is 52.2 Å². The number of nitrogens with two attached hydrogens (primary N) is 1. The maximum atomic E-state index is 12.0. The first kappa shape index (κ1) is 26.1. The second-order valence-corrected chi connectivity index (χ2v) is 13.0. The number of nitrogens with one attached hydrogen (secondary N) is 2. The Morgan fingerprint density at radius 2 is 1.94 bits per heavy atom. The van der Waals surface area contributed by atoms with Crippen molar-refractivity contribution in [1.82, 2.24) is 24.6 Å². The predicted molar refractivity (Wildman–Crippen MR) is 109 cm³/mol. The fourth-order valence-electron chi connectivity index (χ4n) is 2.92. The minimum Gasteiger partial charge on any atom is -0.387 e. The number of phosphoric acid groups is 1. The predicted octanol–water partition coefficient (Wildman–Crippen LogP) is -2.00. The lowest BCUT2D eigenvalue weighted by atomic mass is 10.1. The molecule has 1 aliphatic heterocycles. The SMILES string of the molecule is CNP(=O)(O)CP(=O)(O)OP(=O)(O)OCC1OC(n2cnc3c(=O)[nH]c(N)nc32)C(O)C1O. The molecule has 2 aromatic rings. The van der Waals surface area contributed by atoms with Crippen LogP contribution in [0.5, 0.6) is 0 Å². The van der Waals surface area contributed by atoms with Gasteiger partial charge in [0.1, 0.15) is 24.2 Å². The Morgan fingerprint density at radius 1 is 1.27 bits per heavy atom. The Morgan fingerprint density at radius 3 is 2.58 bits per heavy atom. The number of aromatic nitrogens is 4. The number of imidazole rings is 1. The lowest BCUT2D eigenvalue weighted by Gasteiger charge is -2.20. The van der Waals surface area contributed by atoms with Gasteiger partial charge in [-0.1, -0.05) is 0 Å². The third kappa shape index (κ3) is 5.95. The fourth-order valence-corrected chi connectivity index (χ4v) is 7.91. The molecule has 0 aromatic carbocycles. The number of ether oxygens (including phenoxy) is 1. The number of phosphoric ester groups is 1. The molecule has 9 N–H and O–H groups in total. The van der Waals surface area contributed by atoms with E-state index in [-0.39, 0.29) is 17.1 Å². The van der Waals surface area contributed by atoms with Crippen LogP contribution in [0.25, 0.3) is 11.2 Å². The summed E-state index contributed by atoms with van der Waals surface area (Å²) in [6.07, 6.45) is -5.06. The van der Waals surface area contributed by atoms with Gasteiger partial charge in [-0.25, -0.2) is 18.9 Å². The van der Waals surface area contributed by atoms with Crippen LogP contribution >= 0.6 is 22.9 Å². The normalized spacial score (nSPS) is 28.9. The molecule has 1 fully saturated rings. The van der Waals surface area contributed by atoms with Crippen LogP contribution in [0.3, 0.4) is 0 Å². The summed E-state index contributed by atoms with van der Waals surface area (Å²) >= 11 is 0. The lowest BCUT2D eigenvalue weighted by Crippen LogP contribution is -2.33. The van der Waals surface area contributed by atoms with Crippen molar-refractivity contribution in [1.29, 1.82) is 0 Å². The lowest BCUT2D eigenvalue weighted by molar-refractivity contribution is -0.0501. The highest BCUT2D eigenvalue weighted by Gasteiger charge is 2.46. The van der Waals surface area contributed by atoms with E-state index in [1.165, 1.54) is 0 Å². The zero-order valence-corrected chi connectivity index (χ0v) is 19.3. The molecule has 7 unspecified atom stereocenters. The number of fused-ring (bicyclic) bond motifs is 1. The standard InChI is InChI=1S/C12H21N6O12P3/c1-14-31(22,23)4-32(24,25)30-33(26,27)28-2-5-7(19)8(20)11(29-5)18-3-15-6-9(18)16-12(13)17-10(6)21/h3,5,7-8,11,19-20H,2,4H2,1H3,(H,24,25)(H,26,27)(H2,14,22,23)(H3,13,16,17,21). The van der Waals surface area contributed by atoms with Gasteiger partial charge in [0.15, 0.2) is 17.4 Å². The molecular formula is C12H21N6O12P3. The molecule has 3 heterocycles. The van der Waals surface area contributed by atoms with Crippen LogP contribution < -0.4 is 16.4 Å². The number of nitrogen functional groups attached to an aromatic ring is 1. The molecule has 0 bridgehead atoms. The molecule has 0 amide bonds. The first-order chi connectivity index (χ1) is 15.1. The zero-order valence-electron chi connectivity index (χ0n) is 16.7. The highest BCUT2D eigenvalue weighted by atomic mass is 31.3. The molecule has 1 aliphatic rings. The van der Waals surface area contributed by atoms with Gasteiger partial charge >= 0.3 is 15.4 Å². The molecule has 0 radical (unpaired) electrons. The number of aliphatic hydroxyl groups excluding tert-OH is 2. The van der Waals surface area contributed by atoms with Crippen molar-refractivity contribution >= 4 is 40.1 Å². The summed E-state index contributed by atoms with van der Waals surface area (Å²) in [5, 5.41) is 22.4. The average molecular weight is 534 g/mol. The van der Waals surface area contributed by atoms with Gasteiger partial charge in [0, 0.05) is 0 Å². The van der Waals surface area contributed by atoms with Crippen molar-refractivity contribution in [2.24, 2.45) is 0 Å². The number of aromatic amines is 1. The van der Waals surface area contributed by atoms with Crippen molar-refractivity contribution in [3.05, 3.63) is 16.7 Å². The molecule has 1 saturated heterocycles. The van der Waals surface area contributed by atoms with Crippen molar-refractivity contribution in [3.63, 3.8) is 0 Å². The van der Waals surface area contributed by atoms with Gasteiger partial charge in [-0.05, 0) is 7.05 Å². The topological polar surface area (TPSA) is 282 Å².